The van der Waals surface area contributed by atoms with Crippen LogP contribution in [0.15, 0.2) is 10.6 Å². The molecular weight excluding hydrogens is 285 g/mol. The van der Waals surface area contributed by atoms with Gasteiger partial charge in [0.15, 0.2) is 0 Å². The zero-order chi connectivity index (χ0) is 9.78. The first-order valence-corrected chi connectivity index (χ1v) is 5.47. The molecule has 0 amide bonds. The number of alkyl halides is 4. The van der Waals surface area contributed by atoms with Crippen molar-refractivity contribution in [3.63, 3.8) is 0 Å². The van der Waals surface area contributed by atoms with Gasteiger partial charge in [0, 0.05) is 12.3 Å². The summed E-state index contributed by atoms with van der Waals surface area (Å²) in [5, 5.41) is -0.536. The van der Waals surface area contributed by atoms with Crippen LogP contribution in [0.4, 0.5) is 0 Å². The van der Waals surface area contributed by atoms with Gasteiger partial charge in [-0.3, -0.25) is 0 Å². The van der Waals surface area contributed by atoms with Crippen molar-refractivity contribution in [1.29, 1.82) is 0 Å². The number of hydrogen-bond donors (Lipinski definition) is 0. The predicted molar refractivity (Wildman–Crippen MR) is 59.2 cm³/mol. The molecule has 0 saturated heterocycles. The van der Waals surface area contributed by atoms with Crippen LogP contribution in [0, 0.1) is 0 Å². The fourth-order valence-corrected chi connectivity index (χ4v) is 1.43. The van der Waals surface area contributed by atoms with Gasteiger partial charge in [-0.15, -0.1) is 23.2 Å². The molecule has 0 aromatic carbocycles. The molecule has 0 spiro atoms. The Hall–Kier alpha value is 1.48. The topological polar surface area (TPSA) is 0 Å². The van der Waals surface area contributed by atoms with E-state index in [1.165, 1.54) is 6.08 Å². The summed E-state index contributed by atoms with van der Waals surface area (Å²) in [6, 6.07) is 0. The van der Waals surface area contributed by atoms with E-state index < -0.39 is 9.71 Å². The Morgan fingerprint density at radius 3 is 2.17 bits per heavy atom. The highest BCUT2D eigenvalue weighted by Gasteiger charge is 2.31. The van der Waals surface area contributed by atoms with Crippen molar-refractivity contribution < 1.29 is 0 Å². The maximum Gasteiger partial charge on any atom is 0.139 e. The SMILES string of the molecule is ClCC(Cl)C(Cl)(Cl)CC=C(Cl)Cl. The fraction of sp³-hybridized carbons (Fsp3) is 0.667. The van der Waals surface area contributed by atoms with Gasteiger partial charge in [-0.05, 0) is 0 Å². The molecule has 0 radical (unpaired) electrons. The summed E-state index contributed by atoms with van der Waals surface area (Å²) in [5.74, 6) is 0.169. The third-order valence-electron chi connectivity index (χ3n) is 1.12. The first kappa shape index (κ1) is 13.5. The van der Waals surface area contributed by atoms with E-state index in [2.05, 4.69) is 0 Å². The number of halogens is 6. The Balaban J connectivity index is 4.12. The lowest BCUT2D eigenvalue weighted by atomic mass is 10.2. The molecule has 0 N–H and O–H groups in total. The van der Waals surface area contributed by atoms with Gasteiger partial charge in [0.05, 0.1) is 5.38 Å². The summed E-state index contributed by atoms with van der Waals surface area (Å²) in [6.45, 7) is 0. The van der Waals surface area contributed by atoms with E-state index in [9.17, 15) is 0 Å². The molecule has 0 bridgehead atoms. The molecule has 0 aromatic heterocycles. The fourth-order valence-electron chi connectivity index (χ4n) is 0.454. The van der Waals surface area contributed by atoms with E-state index in [0.717, 1.165) is 0 Å². The van der Waals surface area contributed by atoms with E-state index >= 15 is 0 Å². The standard InChI is InChI=1S/C6H6Cl6/c7-3-4(8)6(11,12)2-1-5(9)10/h1,4H,2-3H2. The number of hydrogen-bond acceptors (Lipinski definition) is 0. The van der Waals surface area contributed by atoms with Crippen LogP contribution in [0.3, 0.4) is 0 Å². The molecule has 1 unspecified atom stereocenters. The molecule has 6 heteroatoms. The van der Waals surface area contributed by atoms with Gasteiger partial charge >= 0.3 is 0 Å². The van der Waals surface area contributed by atoms with E-state index in [0.29, 0.717) is 0 Å². The first-order chi connectivity index (χ1) is 5.40. The van der Waals surface area contributed by atoms with Crippen LogP contribution in [-0.4, -0.2) is 15.6 Å². The molecular formula is C6H6Cl6. The lowest BCUT2D eigenvalue weighted by Gasteiger charge is -2.21. The molecule has 0 heterocycles. The van der Waals surface area contributed by atoms with Crippen molar-refractivity contribution in [2.24, 2.45) is 0 Å². The van der Waals surface area contributed by atoms with Gasteiger partial charge in [-0.25, -0.2) is 0 Å². The van der Waals surface area contributed by atoms with Crippen molar-refractivity contribution in [3.8, 4) is 0 Å². The molecule has 0 rings (SSSR count). The summed E-state index contributed by atoms with van der Waals surface area (Å²) >= 11 is 33.6. The predicted octanol–water partition coefficient (Wildman–Crippen LogP) is 4.72. The summed E-state index contributed by atoms with van der Waals surface area (Å²) < 4.78 is -1.02. The van der Waals surface area contributed by atoms with Crippen molar-refractivity contribution in [1.82, 2.24) is 0 Å². The highest BCUT2D eigenvalue weighted by molar-refractivity contribution is 6.56. The summed E-state index contributed by atoms with van der Waals surface area (Å²) in [4.78, 5) is 0. The minimum absolute atomic E-state index is 0.110. The maximum atomic E-state index is 5.82. The monoisotopic (exact) mass is 288 g/mol. The Kier molecular flexibility index (Phi) is 6.80. The normalized spacial score (nSPS) is 14.2. The molecule has 0 aliphatic heterocycles. The third kappa shape index (κ3) is 5.26. The Morgan fingerprint density at radius 1 is 1.33 bits per heavy atom. The smallest absolute Gasteiger partial charge is 0.125 e. The largest absolute Gasteiger partial charge is 0.139 e. The molecule has 0 saturated carbocycles. The Labute approximate surface area is 102 Å². The van der Waals surface area contributed by atoms with Crippen LogP contribution in [0.25, 0.3) is 0 Å². The van der Waals surface area contributed by atoms with Gasteiger partial charge in [0.2, 0.25) is 0 Å². The second-order valence-electron chi connectivity index (χ2n) is 2.08. The molecule has 1 atom stereocenters. The molecule has 72 valence electrons. The molecule has 0 fully saturated rings. The molecule has 0 aliphatic carbocycles. The summed E-state index contributed by atoms with van der Waals surface area (Å²) in [5.41, 5.74) is 0. The van der Waals surface area contributed by atoms with E-state index in [-0.39, 0.29) is 16.8 Å². The first-order valence-electron chi connectivity index (χ1n) is 2.99. The average molecular weight is 291 g/mol. The van der Waals surface area contributed by atoms with Crippen molar-refractivity contribution in [2.75, 3.05) is 5.88 Å². The molecule has 12 heavy (non-hydrogen) atoms. The van der Waals surface area contributed by atoms with Crippen LogP contribution in [-0.2, 0) is 0 Å². The van der Waals surface area contributed by atoms with Crippen molar-refractivity contribution >= 4 is 69.6 Å². The average Bonchev–Trinajstić information content (AvgIpc) is 1.99. The number of rotatable bonds is 4. The van der Waals surface area contributed by atoms with Crippen LogP contribution in [0.5, 0.6) is 0 Å². The summed E-state index contributed by atoms with van der Waals surface area (Å²) in [6.07, 6.45) is 1.74. The Morgan fingerprint density at radius 2 is 1.83 bits per heavy atom. The highest BCUT2D eigenvalue weighted by atomic mass is 35.5. The molecule has 0 aromatic rings. The van der Waals surface area contributed by atoms with E-state index in [1.54, 1.807) is 0 Å². The van der Waals surface area contributed by atoms with E-state index in [4.69, 9.17) is 69.6 Å². The van der Waals surface area contributed by atoms with Crippen LogP contribution >= 0.6 is 69.6 Å². The van der Waals surface area contributed by atoms with E-state index in [1.807, 2.05) is 0 Å². The van der Waals surface area contributed by atoms with Crippen LogP contribution < -0.4 is 0 Å². The van der Waals surface area contributed by atoms with Crippen molar-refractivity contribution in [2.45, 2.75) is 16.1 Å². The zero-order valence-electron chi connectivity index (χ0n) is 5.84. The zero-order valence-corrected chi connectivity index (χ0v) is 10.4. The van der Waals surface area contributed by atoms with Crippen LogP contribution in [0.1, 0.15) is 6.42 Å². The van der Waals surface area contributed by atoms with Crippen molar-refractivity contribution in [3.05, 3.63) is 10.6 Å². The van der Waals surface area contributed by atoms with Gasteiger partial charge in [0.1, 0.15) is 8.82 Å². The maximum absolute atomic E-state index is 5.82. The molecule has 0 nitrogen and oxygen atoms in total. The lowest BCUT2D eigenvalue weighted by molar-refractivity contribution is 0.767. The number of allylic oxidation sites excluding steroid dienone is 1. The Bertz CT molecular complexity index is 159. The minimum Gasteiger partial charge on any atom is -0.125 e. The van der Waals surface area contributed by atoms with Crippen LogP contribution in [0.2, 0.25) is 0 Å². The lowest BCUT2D eigenvalue weighted by Crippen LogP contribution is -2.27. The molecule has 0 aliphatic rings. The second-order valence-corrected chi connectivity index (χ2v) is 5.47. The quantitative estimate of drug-likeness (QED) is 0.658. The summed E-state index contributed by atoms with van der Waals surface area (Å²) in [7, 11) is 0. The highest BCUT2D eigenvalue weighted by Crippen LogP contribution is 2.34. The second kappa shape index (κ2) is 6.06. The third-order valence-corrected chi connectivity index (χ3v) is 3.48. The van der Waals surface area contributed by atoms with Gasteiger partial charge < -0.3 is 0 Å². The minimum atomic E-state index is -1.13. The van der Waals surface area contributed by atoms with Gasteiger partial charge in [-0.2, -0.15) is 0 Å². The van der Waals surface area contributed by atoms with Gasteiger partial charge in [0.25, 0.3) is 0 Å². The van der Waals surface area contributed by atoms with Gasteiger partial charge in [-0.1, -0.05) is 52.5 Å².